The first-order valence-electron chi connectivity index (χ1n) is 10.7. The summed E-state index contributed by atoms with van der Waals surface area (Å²) in [6.45, 7) is 3.62. The highest BCUT2D eigenvalue weighted by Crippen LogP contribution is 2.43. The van der Waals surface area contributed by atoms with Gasteiger partial charge in [-0.1, -0.05) is 30.3 Å². The Labute approximate surface area is 185 Å². The van der Waals surface area contributed by atoms with Crippen LogP contribution in [-0.2, 0) is 13.0 Å². The molecule has 7 nitrogen and oxygen atoms in total. The number of aromatic nitrogens is 1. The van der Waals surface area contributed by atoms with Gasteiger partial charge in [-0.3, -0.25) is 10.1 Å². The molecule has 162 valence electrons. The van der Waals surface area contributed by atoms with Crippen LogP contribution in [0.2, 0.25) is 0 Å². The second-order valence-corrected chi connectivity index (χ2v) is 7.74. The van der Waals surface area contributed by atoms with Gasteiger partial charge in [0.2, 0.25) is 5.75 Å². The third kappa shape index (κ3) is 3.22. The van der Waals surface area contributed by atoms with Crippen molar-refractivity contribution in [3.8, 4) is 22.8 Å². The molecular formula is C25H23N3O4. The summed E-state index contributed by atoms with van der Waals surface area (Å²) < 4.78 is 11.0. The molecular weight excluding hydrogens is 406 g/mol. The molecule has 1 aliphatic rings. The molecule has 0 spiro atoms. The maximum absolute atomic E-state index is 11.8. The SMILES string of the molecule is CCOc1c(OC)cc(-c2nc3ccc4ccccc4c3c3c2CNCC3)cc1[N+](=O)[O-]. The highest BCUT2D eigenvalue weighted by molar-refractivity contribution is 6.09. The number of hydrogen-bond donors (Lipinski definition) is 1. The number of methoxy groups -OCH3 is 1. The van der Waals surface area contributed by atoms with Crippen LogP contribution in [0.25, 0.3) is 32.9 Å². The first kappa shape index (κ1) is 20.2. The van der Waals surface area contributed by atoms with E-state index in [2.05, 4.69) is 23.5 Å². The minimum atomic E-state index is -0.434. The molecule has 0 radical (unpaired) electrons. The van der Waals surface area contributed by atoms with Gasteiger partial charge < -0.3 is 14.8 Å². The second kappa shape index (κ2) is 8.09. The molecule has 0 fully saturated rings. The molecule has 3 aromatic carbocycles. The molecule has 0 saturated carbocycles. The number of nitro groups is 1. The Balaban J connectivity index is 1.83. The minimum Gasteiger partial charge on any atom is -0.493 e. The maximum atomic E-state index is 11.8. The van der Waals surface area contributed by atoms with Gasteiger partial charge in [-0.2, -0.15) is 0 Å². The Morgan fingerprint density at radius 2 is 2.00 bits per heavy atom. The number of pyridine rings is 1. The summed E-state index contributed by atoms with van der Waals surface area (Å²) in [5, 5.41) is 18.8. The number of nitro benzene ring substituents is 1. The smallest absolute Gasteiger partial charge is 0.315 e. The summed E-state index contributed by atoms with van der Waals surface area (Å²) in [6, 6.07) is 15.7. The Morgan fingerprint density at radius 1 is 1.16 bits per heavy atom. The van der Waals surface area contributed by atoms with E-state index in [0.29, 0.717) is 24.5 Å². The molecule has 5 rings (SSSR count). The van der Waals surface area contributed by atoms with Gasteiger partial charge in [0.25, 0.3) is 0 Å². The van der Waals surface area contributed by atoms with Gasteiger partial charge in [0.05, 0.1) is 29.9 Å². The number of nitrogens with one attached hydrogen (secondary N) is 1. The lowest BCUT2D eigenvalue weighted by Gasteiger charge is -2.23. The van der Waals surface area contributed by atoms with Crippen LogP contribution in [0.15, 0.2) is 48.5 Å². The molecule has 1 N–H and O–H groups in total. The standard InChI is InChI=1S/C25H23N3O4/c1-3-32-25-21(28(29)30)12-16(13-22(25)31-2)24-19-14-26-11-10-18(19)23-17-7-5-4-6-15(17)8-9-20(23)27-24/h4-9,12-13,26H,3,10-11,14H2,1-2H3. The van der Waals surface area contributed by atoms with Gasteiger partial charge in [0.1, 0.15) is 0 Å². The fraction of sp³-hybridized carbons (Fsp3) is 0.240. The van der Waals surface area contributed by atoms with E-state index in [0.717, 1.165) is 35.1 Å². The molecule has 0 amide bonds. The number of ether oxygens (including phenoxy) is 2. The predicted octanol–water partition coefficient (Wildman–Crippen LogP) is 5.02. The summed E-state index contributed by atoms with van der Waals surface area (Å²) >= 11 is 0. The summed E-state index contributed by atoms with van der Waals surface area (Å²) in [5.74, 6) is 0.469. The molecule has 0 atom stereocenters. The van der Waals surface area contributed by atoms with E-state index in [1.807, 2.05) is 18.2 Å². The van der Waals surface area contributed by atoms with Gasteiger partial charge in [-0.25, -0.2) is 4.98 Å². The van der Waals surface area contributed by atoms with Crippen molar-refractivity contribution < 1.29 is 14.4 Å². The molecule has 32 heavy (non-hydrogen) atoms. The van der Waals surface area contributed by atoms with Crippen molar-refractivity contribution in [3.05, 3.63) is 69.8 Å². The van der Waals surface area contributed by atoms with Crippen molar-refractivity contribution in [3.63, 3.8) is 0 Å². The van der Waals surface area contributed by atoms with Crippen LogP contribution < -0.4 is 14.8 Å². The molecule has 4 aromatic rings. The van der Waals surface area contributed by atoms with Crippen LogP contribution in [0.5, 0.6) is 11.5 Å². The Kier molecular flexibility index (Phi) is 5.11. The summed E-state index contributed by atoms with van der Waals surface area (Å²) in [6.07, 6.45) is 0.867. The van der Waals surface area contributed by atoms with Crippen LogP contribution in [0.3, 0.4) is 0 Å². The van der Waals surface area contributed by atoms with Crippen molar-refractivity contribution >= 4 is 27.4 Å². The van der Waals surface area contributed by atoms with Crippen molar-refractivity contribution in [1.29, 1.82) is 0 Å². The molecule has 1 aromatic heterocycles. The highest BCUT2D eigenvalue weighted by Gasteiger charge is 2.26. The Morgan fingerprint density at radius 3 is 2.78 bits per heavy atom. The molecule has 7 heteroatoms. The number of fused-ring (bicyclic) bond motifs is 5. The van der Waals surface area contributed by atoms with Gasteiger partial charge in [0.15, 0.2) is 5.75 Å². The monoisotopic (exact) mass is 429 g/mol. The third-order valence-electron chi connectivity index (χ3n) is 5.96. The number of rotatable bonds is 5. The lowest BCUT2D eigenvalue weighted by molar-refractivity contribution is -0.385. The van der Waals surface area contributed by atoms with E-state index < -0.39 is 4.92 Å². The van der Waals surface area contributed by atoms with Crippen LogP contribution in [0, 0.1) is 10.1 Å². The molecule has 0 aliphatic carbocycles. The average molecular weight is 429 g/mol. The summed E-state index contributed by atoms with van der Waals surface area (Å²) in [5.41, 5.74) is 4.46. The van der Waals surface area contributed by atoms with Gasteiger partial charge in [-0.05, 0) is 53.9 Å². The van der Waals surface area contributed by atoms with E-state index in [-0.39, 0.29) is 11.4 Å². The van der Waals surface area contributed by atoms with Crippen LogP contribution in [0.4, 0.5) is 5.69 Å². The molecule has 0 bridgehead atoms. The number of benzene rings is 3. The van der Waals surface area contributed by atoms with E-state index in [1.165, 1.54) is 29.5 Å². The van der Waals surface area contributed by atoms with Crippen molar-refractivity contribution in [2.24, 2.45) is 0 Å². The zero-order valence-electron chi connectivity index (χ0n) is 18.0. The molecule has 0 saturated heterocycles. The van der Waals surface area contributed by atoms with Crippen molar-refractivity contribution in [2.45, 2.75) is 19.9 Å². The van der Waals surface area contributed by atoms with E-state index in [9.17, 15) is 10.1 Å². The van der Waals surface area contributed by atoms with Gasteiger partial charge in [0, 0.05) is 23.6 Å². The zero-order chi connectivity index (χ0) is 22.2. The molecule has 0 unspecified atom stereocenters. The van der Waals surface area contributed by atoms with Crippen molar-refractivity contribution in [1.82, 2.24) is 10.3 Å². The highest BCUT2D eigenvalue weighted by atomic mass is 16.6. The predicted molar refractivity (Wildman–Crippen MR) is 124 cm³/mol. The molecule has 1 aliphatic heterocycles. The lowest BCUT2D eigenvalue weighted by Crippen LogP contribution is -2.25. The second-order valence-electron chi connectivity index (χ2n) is 7.74. The largest absolute Gasteiger partial charge is 0.493 e. The summed E-state index contributed by atoms with van der Waals surface area (Å²) in [4.78, 5) is 16.4. The number of nitrogens with zero attached hydrogens (tertiary/aromatic N) is 2. The van der Waals surface area contributed by atoms with E-state index in [1.54, 1.807) is 13.0 Å². The maximum Gasteiger partial charge on any atom is 0.315 e. The fourth-order valence-electron chi connectivity index (χ4n) is 4.58. The fourth-order valence-corrected chi connectivity index (χ4v) is 4.58. The normalized spacial score (nSPS) is 13.2. The first-order valence-corrected chi connectivity index (χ1v) is 10.7. The first-order chi connectivity index (χ1) is 15.6. The van der Waals surface area contributed by atoms with Crippen molar-refractivity contribution in [2.75, 3.05) is 20.3 Å². The lowest BCUT2D eigenvalue weighted by atomic mass is 9.90. The Hall–Kier alpha value is -3.71. The average Bonchev–Trinajstić information content (AvgIpc) is 2.83. The minimum absolute atomic E-state index is 0.126. The van der Waals surface area contributed by atoms with E-state index >= 15 is 0 Å². The number of hydrogen-bond acceptors (Lipinski definition) is 6. The Bertz CT molecular complexity index is 1370. The zero-order valence-corrected chi connectivity index (χ0v) is 18.0. The van der Waals surface area contributed by atoms with E-state index in [4.69, 9.17) is 14.5 Å². The van der Waals surface area contributed by atoms with Gasteiger partial charge in [-0.15, -0.1) is 0 Å². The topological polar surface area (TPSA) is 86.5 Å². The van der Waals surface area contributed by atoms with Crippen LogP contribution in [-0.4, -0.2) is 30.2 Å². The van der Waals surface area contributed by atoms with Crippen LogP contribution >= 0.6 is 0 Å². The van der Waals surface area contributed by atoms with Gasteiger partial charge >= 0.3 is 5.69 Å². The van der Waals surface area contributed by atoms with Crippen LogP contribution in [0.1, 0.15) is 18.1 Å². The quantitative estimate of drug-likeness (QED) is 0.272. The molecule has 2 heterocycles. The summed E-state index contributed by atoms with van der Waals surface area (Å²) in [7, 11) is 1.49. The third-order valence-corrected chi connectivity index (χ3v) is 5.96.